The van der Waals surface area contributed by atoms with Gasteiger partial charge in [-0.3, -0.25) is 9.59 Å². The Balaban J connectivity index is 2.75. The van der Waals surface area contributed by atoms with Crippen molar-refractivity contribution in [2.75, 3.05) is 0 Å². The SMILES string of the molecule is C[Si](C)(C)CC(=O)c1ccc(C=O)s1. The molecule has 0 N–H and O–H groups in total. The van der Waals surface area contributed by atoms with Crippen molar-refractivity contribution in [3.63, 3.8) is 0 Å². The third-order valence-corrected chi connectivity index (χ3v) is 4.14. The summed E-state index contributed by atoms with van der Waals surface area (Å²) in [5.41, 5.74) is 0. The fourth-order valence-electron chi connectivity index (χ4n) is 1.13. The first-order valence-electron chi connectivity index (χ1n) is 4.50. The quantitative estimate of drug-likeness (QED) is 0.449. The predicted molar refractivity (Wildman–Crippen MR) is 62.2 cm³/mol. The molecule has 0 aromatic carbocycles. The molecular formula is C10H14O2SSi. The largest absolute Gasteiger partial charge is 0.297 e. The summed E-state index contributed by atoms with van der Waals surface area (Å²) in [7, 11) is -1.34. The first-order valence-corrected chi connectivity index (χ1v) is 9.03. The summed E-state index contributed by atoms with van der Waals surface area (Å²) in [5.74, 6) is 0.183. The van der Waals surface area contributed by atoms with Gasteiger partial charge in [0.1, 0.15) is 0 Å². The van der Waals surface area contributed by atoms with Crippen LogP contribution in [-0.4, -0.2) is 20.1 Å². The maximum atomic E-state index is 11.7. The number of hydrogen-bond donors (Lipinski definition) is 0. The van der Waals surface area contributed by atoms with E-state index in [0.29, 0.717) is 10.9 Å². The van der Waals surface area contributed by atoms with Crippen molar-refractivity contribution in [1.82, 2.24) is 0 Å². The maximum absolute atomic E-state index is 11.7. The van der Waals surface area contributed by atoms with Gasteiger partial charge in [-0.2, -0.15) is 0 Å². The van der Waals surface area contributed by atoms with Crippen LogP contribution in [0.15, 0.2) is 12.1 Å². The lowest BCUT2D eigenvalue weighted by Crippen LogP contribution is -2.23. The molecule has 0 amide bonds. The van der Waals surface area contributed by atoms with Gasteiger partial charge in [-0.15, -0.1) is 11.3 Å². The average molecular weight is 226 g/mol. The van der Waals surface area contributed by atoms with E-state index >= 15 is 0 Å². The number of Topliss-reactive ketones (excluding diaryl/α,β-unsaturated/α-hetero) is 1. The molecule has 0 aliphatic carbocycles. The molecule has 0 saturated heterocycles. The van der Waals surface area contributed by atoms with E-state index < -0.39 is 8.07 Å². The monoisotopic (exact) mass is 226 g/mol. The zero-order chi connectivity index (χ0) is 10.8. The van der Waals surface area contributed by atoms with Gasteiger partial charge in [0.15, 0.2) is 12.1 Å². The van der Waals surface area contributed by atoms with Crippen LogP contribution in [0.5, 0.6) is 0 Å². The molecule has 0 unspecified atom stereocenters. The molecule has 0 aliphatic heterocycles. The van der Waals surface area contributed by atoms with Crippen LogP contribution in [0.25, 0.3) is 0 Å². The molecule has 1 heterocycles. The molecule has 0 saturated carbocycles. The zero-order valence-electron chi connectivity index (χ0n) is 8.66. The Kier molecular flexibility index (Phi) is 3.39. The molecule has 1 rings (SSSR count). The Hall–Kier alpha value is -0.743. The number of thiophene rings is 1. The summed E-state index contributed by atoms with van der Waals surface area (Å²) < 4.78 is 0. The van der Waals surface area contributed by atoms with Gasteiger partial charge in [-0.25, -0.2) is 0 Å². The molecule has 1 aromatic rings. The van der Waals surface area contributed by atoms with Crippen molar-refractivity contribution < 1.29 is 9.59 Å². The van der Waals surface area contributed by atoms with Crippen molar-refractivity contribution in [2.45, 2.75) is 25.7 Å². The summed E-state index contributed by atoms with van der Waals surface area (Å²) in [6.45, 7) is 6.50. The fourth-order valence-corrected chi connectivity index (χ4v) is 3.18. The minimum Gasteiger partial charge on any atom is -0.297 e. The van der Waals surface area contributed by atoms with Crippen molar-refractivity contribution in [2.24, 2.45) is 0 Å². The molecule has 2 nitrogen and oxygen atoms in total. The number of rotatable bonds is 4. The van der Waals surface area contributed by atoms with E-state index in [-0.39, 0.29) is 5.78 Å². The molecule has 4 heteroatoms. The predicted octanol–water partition coefficient (Wildman–Crippen LogP) is 3.08. The molecule has 14 heavy (non-hydrogen) atoms. The summed E-state index contributed by atoms with van der Waals surface area (Å²) in [6.07, 6.45) is 0.788. The average Bonchev–Trinajstić information content (AvgIpc) is 2.48. The first-order chi connectivity index (χ1) is 6.42. The van der Waals surface area contributed by atoms with Gasteiger partial charge in [0.2, 0.25) is 0 Å². The van der Waals surface area contributed by atoms with Crippen molar-refractivity contribution >= 4 is 31.5 Å². The number of ketones is 1. The van der Waals surface area contributed by atoms with Crippen LogP contribution in [0.1, 0.15) is 19.3 Å². The van der Waals surface area contributed by atoms with Crippen molar-refractivity contribution in [3.8, 4) is 0 Å². The van der Waals surface area contributed by atoms with E-state index in [9.17, 15) is 9.59 Å². The fraction of sp³-hybridized carbons (Fsp3) is 0.400. The number of hydrogen-bond acceptors (Lipinski definition) is 3. The number of aldehydes is 1. The minimum absolute atomic E-state index is 0.183. The summed E-state index contributed by atoms with van der Waals surface area (Å²) in [5, 5.41) is 0. The lowest BCUT2D eigenvalue weighted by atomic mass is 10.3. The van der Waals surface area contributed by atoms with Crippen LogP contribution in [0.3, 0.4) is 0 Å². The molecule has 0 fully saturated rings. The molecule has 0 atom stereocenters. The van der Waals surface area contributed by atoms with Gasteiger partial charge in [-0.05, 0) is 12.1 Å². The Morgan fingerprint density at radius 3 is 2.50 bits per heavy atom. The highest BCUT2D eigenvalue weighted by Crippen LogP contribution is 2.20. The van der Waals surface area contributed by atoms with E-state index in [1.54, 1.807) is 12.1 Å². The Morgan fingerprint density at radius 1 is 1.43 bits per heavy atom. The van der Waals surface area contributed by atoms with Crippen LogP contribution in [0.4, 0.5) is 0 Å². The maximum Gasteiger partial charge on any atom is 0.170 e. The zero-order valence-corrected chi connectivity index (χ0v) is 10.5. The van der Waals surface area contributed by atoms with Gasteiger partial charge < -0.3 is 0 Å². The van der Waals surface area contributed by atoms with Crippen molar-refractivity contribution in [1.29, 1.82) is 0 Å². The number of carbonyl (C=O) groups excluding carboxylic acids is 2. The topological polar surface area (TPSA) is 34.1 Å². The van der Waals surface area contributed by atoms with E-state index in [4.69, 9.17) is 0 Å². The van der Waals surface area contributed by atoms with Crippen LogP contribution < -0.4 is 0 Å². The summed E-state index contributed by atoms with van der Waals surface area (Å²) >= 11 is 1.29. The Labute approximate surface area is 89.0 Å². The van der Waals surface area contributed by atoms with E-state index in [1.807, 2.05) is 0 Å². The summed E-state index contributed by atoms with van der Waals surface area (Å²) in [6, 6.07) is 4.11. The first kappa shape index (κ1) is 11.3. The van der Waals surface area contributed by atoms with E-state index in [1.165, 1.54) is 11.3 Å². The van der Waals surface area contributed by atoms with Crippen LogP contribution >= 0.6 is 11.3 Å². The van der Waals surface area contributed by atoms with Gasteiger partial charge in [0.05, 0.1) is 17.8 Å². The molecule has 1 aromatic heterocycles. The molecule has 0 radical (unpaired) electrons. The Morgan fingerprint density at radius 2 is 2.07 bits per heavy atom. The van der Waals surface area contributed by atoms with Gasteiger partial charge in [0.25, 0.3) is 0 Å². The second kappa shape index (κ2) is 4.19. The number of carbonyl (C=O) groups is 2. The van der Waals surface area contributed by atoms with E-state index in [2.05, 4.69) is 19.6 Å². The van der Waals surface area contributed by atoms with E-state index in [0.717, 1.165) is 11.2 Å². The van der Waals surface area contributed by atoms with Crippen LogP contribution in [0, 0.1) is 0 Å². The van der Waals surface area contributed by atoms with Gasteiger partial charge >= 0.3 is 0 Å². The van der Waals surface area contributed by atoms with Crippen LogP contribution in [-0.2, 0) is 0 Å². The highest BCUT2D eigenvalue weighted by molar-refractivity contribution is 7.15. The molecule has 0 aliphatic rings. The van der Waals surface area contributed by atoms with Gasteiger partial charge in [0, 0.05) is 6.04 Å². The molecule has 0 bridgehead atoms. The second-order valence-corrected chi connectivity index (χ2v) is 11.1. The standard InChI is InChI=1S/C10H14O2SSi/c1-14(2,3)7-9(12)10-5-4-8(6-11)13-10/h4-6H,7H2,1-3H3. The normalized spacial score (nSPS) is 11.4. The Bertz CT molecular complexity index is 349. The highest BCUT2D eigenvalue weighted by atomic mass is 32.1. The minimum atomic E-state index is -1.34. The van der Waals surface area contributed by atoms with Gasteiger partial charge in [-0.1, -0.05) is 19.6 Å². The summed E-state index contributed by atoms with van der Waals surface area (Å²) in [4.78, 5) is 23.5. The lowest BCUT2D eigenvalue weighted by Gasteiger charge is -2.13. The highest BCUT2D eigenvalue weighted by Gasteiger charge is 2.20. The molecule has 76 valence electrons. The molecular weight excluding hydrogens is 212 g/mol. The third-order valence-electron chi connectivity index (χ3n) is 1.71. The smallest absolute Gasteiger partial charge is 0.170 e. The molecule has 0 spiro atoms. The third kappa shape index (κ3) is 3.19. The lowest BCUT2D eigenvalue weighted by molar-refractivity contribution is 0.101. The second-order valence-electron chi connectivity index (χ2n) is 4.48. The van der Waals surface area contributed by atoms with Crippen molar-refractivity contribution in [3.05, 3.63) is 21.9 Å². The van der Waals surface area contributed by atoms with Crippen LogP contribution in [0.2, 0.25) is 25.7 Å².